The first kappa shape index (κ1) is 16.5. The molecule has 3 aliphatic rings. The van der Waals surface area contributed by atoms with Gasteiger partial charge < -0.3 is 9.64 Å². The predicted octanol–water partition coefficient (Wildman–Crippen LogP) is 2.94. The second kappa shape index (κ2) is 6.39. The Bertz CT molecular complexity index is 642. The molecule has 1 saturated carbocycles. The Morgan fingerprint density at radius 2 is 2.04 bits per heavy atom. The maximum atomic E-state index is 13.7. The van der Waals surface area contributed by atoms with Crippen LogP contribution in [0, 0.1) is 5.82 Å². The van der Waals surface area contributed by atoms with E-state index in [0.717, 1.165) is 57.4 Å². The number of morpholine rings is 1. The number of hydrogen-bond donors (Lipinski definition) is 0. The monoisotopic (exact) mass is 396 g/mol. The quantitative estimate of drug-likeness (QED) is 0.787. The third-order valence-corrected chi connectivity index (χ3v) is 6.07. The number of carbonyl (C=O) groups is 1. The van der Waals surface area contributed by atoms with Crippen molar-refractivity contribution in [2.75, 3.05) is 26.2 Å². The SMILES string of the molecule is O=C1COC2(CCN(Cc3ccc(Br)c(F)c3)CC2)CN1C1CC1. The Kier molecular flexibility index (Phi) is 4.39. The second-order valence-electron chi connectivity index (χ2n) is 7.25. The van der Waals surface area contributed by atoms with Gasteiger partial charge in [0, 0.05) is 25.7 Å². The fourth-order valence-electron chi connectivity index (χ4n) is 3.78. The van der Waals surface area contributed by atoms with E-state index in [1.165, 1.54) is 0 Å². The molecule has 130 valence electrons. The molecule has 0 unspecified atom stereocenters. The minimum absolute atomic E-state index is 0.149. The molecule has 4 nitrogen and oxygen atoms in total. The molecule has 0 bridgehead atoms. The number of halogens is 2. The number of piperidine rings is 1. The summed E-state index contributed by atoms with van der Waals surface area (Å²) in [5.74, 6) is -0.0638. The van der Waals surface area contributed by atoms with Crippen LogP contribution in [0.4, 0.5) is 4.39 Å². The van der Waals surface area contributed by atoms with Gasteiger partial charge in [-0.1, -0.05) is 6.07 Å². The summed E-state index contributed by atoms with van der Waals surface area (Å²) < 4.78 is 20.1. The van der Waals surface area contributed by atoms with E-state index in [1.807, 2.05) is 11.0 Å². The number of rotatable bonds is 3. The highest BCUT2D eigenvalue weighted by atomic mass is 79.9. The fourth-order valence-corrected chi connectivity index (χ4v) is 4.02. The van der Waals surface area contributed by atoms with E-state index in [2.05, 4.69) is 20.8 Å². The van der Waals surface area contributed by atoms with Gasteiger partial charge in [0.05, 0.1) is 16.6 Å². The maximum absolute atomic E-state index is 13.7. The van der Waals surface area contributed by atoms with Gasteiger partial charge in [0.1, 0.15) is 12.4 Å². The van der Waals surface area contributed by atoms with Gasteiger partial charge in [0.2, 0.25) is 5.91 Å². The van der Waals surface area contributed by atoms with Crippen LogP contribution in [0.15, 0.2) is 22.7 Å². The average Bonchev–Trinajstić information content (AvgIpc) is 3.41. The first-order valence-corrected chi connectivity index (χ1v) is 9.44. The van der Waals surface area contributed by atoms with Gasteiger partial charge in [-0.15, -0.1) is 0 Å². The Labute approximate surface area is 150 Å². The Morgan fingerprint density at radius 1 is 1.29 bits per heavy atom. The number of carbonyl (C=O) groups excluding carboxylic acids is 1. The van der Waals surface area contributed by atoms with E-state index in [9.17, 15) is 9.18 Å². The van der Waals surface area contributed by atoms with Crippen LogP contribution in [0.5, 0.6) is 0 Å². The van der Waals surface area contributed by atoms with Gasteiger partial charge in [0.25, 0.3) is 0 Å². The summed E-state index contributed by atoms with van der Waals surface area (Å²) in [7, 11) is 0. The van der Waals surface area contributed by atoms with Crippen LogP contribution < -0.4 is 0 Å². The van der Waals surface area contributed by atoms with E-state index in [1.54, 1.807) is 12.1 Å². The molecule has 1 aromatic rings. The second-order valence-corrected chi connectivity index (χ2v) is 8.10. The lowest BCUT2D eigenvalue weighted by atomic mass is 9.89. The molecular weight excluding hydrogens is 375 g/mol. The topological polar surface area (TPSA) is 32.8 Å². The maximum Gasteiger partial charge on any atom is 0.248 e. The summed E-state index contributed by atoms with van der Waals surface area (Å²) in [6, 6.07) is 5.78. The molecule has 0 atom stereocenters. The van der Waals surface area contributed by atoms with Crippen molar-refractivity contribution >= 4 is 21.8 Å². The highest BCUT2D eigenvalue weighted by Gasteiger charge is 2.46. The molecule has 1 amide bonds. The lowest BCUT2D eigenvalue weighted by Gasteiger charge is -2.47. The van der Waals surface area contributed by atoms with Gasteiger partial charge in [-0.3, -0.25) is 9.69 Å². The number of nitrogens with zero attached hydrogens (tertiary/aromatic N) is 2. The summed E-state index contributed by atoms with van der Waals surface area (Å²) in [6.45, 7) is 3.58. The molecule has 0 N–H and O–H groups in total. The van der Waals surface area contributed by atoms with Crippen LogP contribution in [0.1, 0.15) is 31.2 Å². The van der Waals surface area contributed by atoms with E-state index < -0.39 is 0 Å². The number of amides is 1. The van der Waals surface area contributed by atoms with Crippen LogP contribution in [0.3, 0.4) is 0 Å². The van der Waals surface area contributed by atoms with Crippen molar-refractivity contribution in [3.8, 4) is 0 Å². The smallest absolute Gasteiger partial charge is 0.248 e. The van der Waals surface area contributed by atoms with Gasteiger partial charge in [-0.05, 0) is 59.3 Å². The summed E-state index contributed by atoms with van der Waals surface area (Å²) in [4.78, 5) is 16.4. The molecule has 4 rings (SSSR count). The molecule has 2 heterocycles. The minimum atomic E-state index is -0.213. The number of ether oxygens (including phenoxy) is 1. The molecule has 0 aromatic heterocycles. The zero-order valence-corrected chi connectivity index (χ0v) is 15.2. The molecule has 3 fully saturated rings. The third-order valence-electron chi connectivity index (χ3n) is 5.43. The summed E-state index contributed by atoms with van der Waals surface area (Å²) >= 11 is 3.19. The largest absolute Gasteiger partial charge is 0.363 e. The summed E-state index contributed by atoms with van der Waals surface area (Å²) in [5.41, 5.74) is 0.823. The molecule has 1 aromatic carbocycles. The van der Waals surface area contributed by atoms with Crippen LogP contribution in [0.25, 0.3) is 0 Å². The van der Waals surface area contributed by atoms with Crippen LogP contribution in [-0.4, -0.2) is 53.6 Å². The van der Waals surface area contributed by atoms with E-state index in [0.29, 0.717) is 10.5 Å². The standard InChI is InChI=1S/C18H22BrFN2O2/c19-15-4-1-13(9-16(15)20)10-21-7-5-18(6-8-21)12-22(14-2-3-14)17(23)11-24-18/h1,4,9,14H,2-3,5-8,10-12H2. The highest BCUT2D eigenvalue weighted by molar-refractivity contribution is 9.10. The first-order valence-electron chi connectivity index (χ1n) is 8.64. The van der Waals surface area contributed by atoms with Crippen molar-refractivity contribution in [1.29, 1.82) is 0 Å². The summed E-state index contributed by atoms with van der Waals surface area (Å²) in [5, 5.41) is 0. The van der Waals surface area contributed by atoms with Gasteiger partial charge in [-0.2, -0.15) is 0 Å². The zero-order chi connectivity index (χ0) is 16.7. The Hall–Kier alpha value is -0.980. The number of hydrogen-bond acceptors (Lipinski definition) is 3. The van der Waals surface area contributed by atoms with Crippen molar-refractivity contribution in [3.05, 3.63) is 34.1 Å². The number of benzene rings is 1. The predicted molar refractivity (Wildman–Crippen MR) is 92.0 cm³/mol. The van der Waals surface area contributed by atoms with Crippen molar-refractivity contribution < 1.29 is 13.9 Å². The van der Waals surface area contributed by atoms with Crippen molar-refractivity contribution in [1.82, 2.24) is 9.80 Å². The van der Waals surface area contributed by atoms with E-state index in [-0.39, 0.29) is 23.9 Å². The molecular formula is C18H22BrFN2O2. The van der Waals surface area contributed by atoms with E-state index in [4.69, 9.17) is 4.74 Å². The molecule has 0 radical (unpaired) electrons. The summed E-state index contributed by atoms with van der Waals surface area (Å²) in [6.07, 6.45) is 4.15. The average molecular weight is 397 g/mol. The highest BCUT2D eigenvalue weighted by Crippen LogP contribution is 2.36. The zero-order valence-electron chi connectivity index (χ0n) is 13.6. The molecule has 1 aliphatic carbocycles. The van der Waals surface area contributed by atoms with Gasteiger partial charge >= 0.3 is 0 Å². The Morgan fingerprint density at radius 3 is 2.71 bits per heavy atom. The lowest BCUT2D eigenvalue weighted by molar-refractivity contribution is -0.172. The van der Waals surface area contributed by atoms with Gasteiger partial charge in [0.15, 0.2) is 0 Å². The molecule has 1 spiro atoms. The Balaban J connectivity index is 1.36. The van der Waals surface area contributed by atoms with Crippen LogP contribution >= 0.6 is 15.9 Å². The minimum Gasteiger partial charge on any atom is -0.363 e. The van der Waals surface area contributed by atoms with Crippen molar-refractivity contribution in [3.63, 3.8) is 0 Å². The van der Waals surface area contributed by atoms with Gasteiger partial charge in [-0.25, -0.2) is 4.39 Å². The van der Waals surface area contributed by atoms with Crippen molar-refractivity contribution in [2.45, 2.75) is 43.9 Å². The normalized spacial score (nSPS) is 24.6. The van der Waals surface area contributed by atoms with E-state index >= 15 is 0 Å². The third kappa shape index (κ3) is 3.37. The molecule has 2 aliphatic heterocycles. The van der Waals surface area contributed by atoms with Crippen molar-refractivity contribution in [2.24, 2.45) is 0 Å². The molecule has 2 saturated heterocycles. The fraction of sp³-hybridized carbons (Fsp3) is 0.611. The number of likely N-dealkylation sites (tertiary alicyclic amines) is 1. The molecule has 6 heteroatoms. The lowest BCUT2D eigenvalue weighted by Crippen LogP contribution is -2.59. The first-order chi connectivity index (χ1) is 11.5. The van der Waals surface area contributed by atoms with Crippen LogP contribution in [0.2, 0.25) is 0 Å². The molecule has 24 heavy (non-hydrogen) atoms. The van der Waals surface area contributed by atoms with Crippen LogP contribution in [-0.2, 0) is 16.1 Å².